The number of hydrogen-bond donors (Lipinski definition) is 1. The van der Waals surface area contributed by atoms with Gasteiger partial charge in [-0.15, -0.1) is 10.2 Å². The number of piperidine rings is 1. The van der Waals surface area contributed by atoms with Crippen LogP contribution >= 0.6 is 0 Å². The summed E-state index contributed by atoms with van der Waals surface area (Å²) in [4.78, 5) is 14.2. The van der Waals surface area contributed by atoms with Crippen LogP contribution in [0.25, 0.3) is 5.65 Å². The monoisotopic (exact) mass is 297 g/mol. The molecular formula is C14H15N7O. The van der Waals surface area contributed by atoms with Crippen molar-refractivity contribution in [3.63, 3.8) is 0 Å². The molecule has 22 heavy (non-hydrogen) atoms. The van der Waals surface area contributed by atoms with Crippen LogP contribution in [0.3, 0.4) is 0 Å². The summed E-state index contributed by atoms with van der Waals surface area (Å²) >= 11 is 0. The highest BCUT2D eigenvalue weighted by atomic mass is 16.2. The summed E-state index contributed by atoms with van der Waals surface area (Å²) in [6.07, 6.45) is 5.36. The van der Waals surface area contributed by atoms with Gasteiger partial charge in [-0.3, -0.25) is 9.20 Å². The number of fused-ring (bicyclic) bond motifs is 1. The molecule has 1 N–H and O–H groups in total. The van der Waals surface area contributed by atoms with Crippen LogP contribution in [0.15, 0.2) is 30.6 Å². The maximum Gasteiger partial charge on any atom is 0.276 e. The lowest BCUT2D eigenvalue weighted by Crippen LogP contribution is -2.39. The molecule has 0 aromatic carbocycles. The minimum atomic E-state index is -0.0905. The summed E-state index contributed by atoms with van der Waals surface area (Å²) in [6, 6.07) is 5.83. The molecule has 1 aliphatic heterocycles. The van der Waals surface area contributed by atoms with E-state index in [1.807, 2.05) is 33.7 Å². The highest BCUT2D eigenvalue weighted by Crippen LogP contribution is 2.26. The highest BCUT2D eigenvalue weighted by Gasteiger charge is 2.29. The van der Waals surface area contributed by atoms with Gasteiger partial charge in [0.1, 0.15) is 5.82 Å². The minimum absolute atomic E-state index is 0.0905. The second kappa shape index (κ2) is 5.21. The van der Waals surface area contributed by atoms with Crippen molar-refractivity contribution in [3.8, 4) is 0 Å². The number of pyridine rings is 1. The second-order valence-electron chi connectivity index (χ2n) is 5.43. The number of nitrogens with zero attached hydrogens (tertiary/aromatic N) is 6. The maximum atomic E-state index is 12.4. The van der Waals surface area contributed by atoms with Crippen LogP contribution in [0.1, 0.15) is 35.1 Å². The van der Waals surface area contributed by atoms with Crippen LogP contribution in [-0.2, 0) is 0 Å². The molecule has 8 nitrogen and oxygen atoms in total. The summed E-state index contributed by atoms with van der Waals surface area (Å²) in [5.41, 5.74) is 1.18. The lowest BCUT2D eigenvalue weighted by Gasteiger charge is -2.31. The fourth-order valence-electron chi connectivity index (χ4n) is 2.98. The van der Waals surface area contributed by atoms with Gasteiger partial charge in [-0.25, -0.2) is 0 Å². The van der Waals surface area contributed by atoms with E-state index in [0.717, 1.165) is 30.9 Å². The zero-order valence-electron chi connectivity index (χ0n) is 11.9. The van der Waals surface area contributed by atoms with Crippen molar-refractivity contribution in [1.29, 1.82) is 0 Å². The molecule has 1 atom stereocenters. The molecule has 0 unspecified atom stereocenters. The van der Waals surface area contributed by atoms with Gasteiger partial charge in [-0.2, -0.15) is 15.4 Å². The molecule has 0 bridgehead atoms. The van der Waals surface area contributed by atoms with E-state index in [0.29, 0.717) is 12.2 Å². The lowest BCUT2D eigenvalue weighted by molar-refractivity contribution is 0.0698. The molecule has 1 saturated heterocycles. The molecule has 0 radical (unpaired) electrons. The number of H-pyrrole nitrogens is 1. The summed E-state index contributed by atoms with van der Waals surface area (Å²) in [6.45, 7) is 1.36. The van der Waals surface area contributed by atoms with Gasteiger partial charge in [0.15, 0.2) is 11.3 Å². The largest absolute Gasteiger partial charge is 0.336 e. The zero-order chi connectivity index (χ0) is 14.9. The number of hydrogen-bond acceptors (Lipinski definition) is 5. The molecule has 4 rings (SSSR count). The number of amides is 1. The van der Waals surface area contributed by atoms with E-state index in [1.54, 1.807) is 0 Å². The first-order valence-corrected chi connectivity index (χ1v) is 7.27. The lowest BCUT2D eigenvalue weighted by atomic mass is 9.97. The molecule has 1 aliphatic rings. The molecule has 0 aliphatic carbocycles. The van der Waals surface area contributed by atoms with E-state index in [-0.39, 0.29) is 11.8 Å². The number of carbonyl (C=O) groups is 1. The third-order valence-electron chi connectivity index (χ3n) is 4.05. The Kier molecular flexibility index (Phi) is 3.06. The Hall–Kier alpha value is -2.77. The van der Waals surface area contributed by atoms with E-state index < -0.39 is 0 Å². The van der Waals surface area contributed by atoms with Gasteiger partial charge in [0.05, 0.1) is 6.20 Å². The molecule has 8 heteroatoms. The van der Waals surface area contributed by atoms with Crippen LogP contribution in [0.5, 0.6) is 0 Å². The normalized spacial score (nSPS) is 18.7. The zero-order valence-corrected chi connectivity index (χ0v) is 11.9. The summed E-state index contributed by atoms with van der Waals surface area (Å²) in [5.74, 6) is 1.00. The topological polar surface area (TPSA) is 92.1 Å². The smallest absolute Gasteiger partial charge is 0.276 e. The Morgan fingerprint density at radius 1 is 1.32 bits per heavy atom. The first-order chi connectivity index (χ1) is 10.8. The Balaban J connectivity index is 1.60. The van der Waals surface area contributed by atoms with Crippen LogP contribution in [0.4, 0.5) is 0 Å². The molecular weight excluding hydrogens is 282 g/mol. The van der Waals surface area contributed by atoms with Gasteiger partial charge < -0.3 is 4.90 Å². The summed E-state index contributed by atoms with van der Waals surface area (Å²) in [7, 11) is 0. The number of carbonyl (C=O) groups excluding carboxylic acids is 1. The average molecular weight is 297 g/mol. The van der Waals surface area contributed by atoms with Gasteiger partial charge in [-0.05, 0) is 25.0 Å². The molecule has 4 heterocycles. The highest BCUT2D eigenvalue weighted by molar-refractivity contribution is 5.92. The molecule has 1 fully saturated rings. The Bertz CT molecular complexity index is 794. The van der Waals surface area contributed by atoms with E-state index in [9.17, 15) is 4.79 Å². The van der Waals surface area contributed by atoms with Crippen molar-refractivity contribution >= 4 is 11.6 Å². The number of aromatic amines is 1. The quantitative estimate of drug-likeness (QED) is 0.757. The molecule has 1 amide bonds. The SMILES string of the molecule is O=C(c1cn[nH]n1)N1CCC[C@H](c2nnc3ccccn23)C1. The van der Waals surface area contributed by atoms with Crippen molar-refractivity contribution in [2.45, 2.75) is 18.8 Å². The maximum absolute atomic E-state index is 12.4. The summed E-state index contributed by atoms with van der Waals surface area (Å²) < 4.78 is 1.99. The van der Waals surface area contributed by atoms with Crippen LogP contribution < -0.4 is 0 Å². The van der Waals surface area contributed by atoms with Crippen molar-refractivity contribution in [2.24, 2.45) is 0 Å². The van der Waals surface area contributed by atoms with Crippen molar-refractivity contribution < 1.29 is 4.79 Å². The Morgan fingerprint density at radius 2 is 2.27 bits per heavy atom. The Labute approximate surface area is 126 Å². The second-order valence-corrected chi connectivity index (χ2v) is 5.43. The molecule has 112 valence electrons. The fraction of sp³-hybridized carbons (Fsp3) is 0.357. The van der Waals surface area contributed by atoms with Gasteiger partial charge in [0.25, 0.3) is 5.91 Å². The first kappa shape index (κ1) is 12.9. The van der Waals surface area contributed by atoms with Crippen LogP contribution in [-0.4, -0.2) is 53.9 Å². The summed E-state index contributed by atoms with van der Waals surface area (Å²) in [5, 5.41) is 18.6. The minimum Gasteiger partial charge on any atom is -0.336 e. The fourth-order valence-corrected chi connectivity index (χ4v) is 2.98. The van der Waals surface area contributed by atoms with Crippen LogP contribution in [0, 0.1) is 0 Å². The predicted octanol–water partition coefficient (Wildman–Crippen LogP) is 0.867. The number of likely N-dealkylation sites (tertiary alicyclic amines) is 1. The van der Waals surface area contributed by atoms with Gasteiger partial charge in [0, 0.05) is 25.2 Å². The van der Waals surface area contributed by atoms with Gasteiger partial charge in [-0.1, -0.05) is 6.07 Å². The van der Waals surface area contributed by atoms with Crippen molar-refractivity contribution in [2.75, 3.05) is 13.1 Å². The van der Waals surface area contributed by atoms with Gasteiger partial charge >= 0.3 is 0 Å². The van der Waals surface area contributed by atoms with Gasteiger partial charge in [0.2, 0.25) is 0 Å². The number of aromatic nitrogens is 6. The first-order valence-electron chi connectivity index (χ1n) is 7.27. The van der Waals surface area contributed by atoms with E-state index in [4.69, 9.17) is 0 Å². The average Bonchev–Trinajstić information content (AvgIpc) is 3.24. The number of rotatable bonds is 2. The Morgan fingerprint density at radius 3 is 3.14 bits per heavy atom. The molecule has 0 saturated carbocycles. The number of nitrogens with one attached hydrogen (secondary N) is 1. The predicted molar refractivity (Wildman–Crippen MR) is 77.2 cm³/mol. The van der Waals surface area contributed by atoms with Crippen LogP contribution in [0.2, 0.25) is 0 Å². The van der Waals surface area contributed by atoms with E-state index in [2.05, 4.69) is 25.6 Å². The standard InChI is InChI=1S/C14H15N7O/c22-14(11-8-15-19-16-11)20-6-3-4-10(9-20)13-18-17-12-5-1-2-7-21(12)13/h1-2,5,7-8,10H,3-4,6,9H2,(H,15,16,19)/t10-/m0/s1. The van der Waals surface area contributed by atoms with Crippen molar-refractivity contribution in [1.82, 2.24) is 34.9 Å². The molecule has 0 spiro atoms. The van der Waals surface area contributed by atoms with E-state index in [1.165, 1.54) is 6.20 Å². The van der Waals surface area contributed by atoms with Crippen molar-refractivity contribution in [3.05, 3.63) is 42.1 Å². The molecule has 3 aromatic heterocycles. The van der Waals surface area contributed by atoms with E-state index >= 15 is 0 Å². The third kappa shape index (κ3) is 2.12. The third-order valence-corrected chi connectivity index (χ3v) is 4.05. The molecule has 3 aromatic rings.